The van der Waals surface area contributed by atoms with Gasteiger partial charge in [0.1, 0.15) is 12.2 Å². The smallest absolute Gasteiger partial charge is 0.271 e. The van der Waals surface area contributed by atoms with Crippen molar-refractivity contribution in [2.24, 2.45) is 0 Å². The molecule has 6 nitrogen and oxygen atoms in total. The molecule has 37 heavy (non-hydrogen) atoms. The standard InChI is InChI=1S/C31H31N3O3/c1-21-10-11-28-25(12-21)15-29-31(36)33(18-30(35)34(28)29)17-27(14-22-6-3-2-4-7-22)32-16-23-8-5-9-24(13-23)26-19-37-20-26/h2-13,15,26-27,32H,14,16-20H2,1H3/t27-/m0/s1. The third kappa shape index (κ3) is 4.82. The highest BCUT2D eigenvalue weighted by Crippen LogP contribution is 2.26. The summed E-state index contributed by atoms with van der Waals surface area (Å²) < 4.78 is 6.95. The molecule has 0 spiro atoms. The number of aryl methyl sites for hydroxylation is 1. The lowest BCUT2D eigenvalue weighted by Crippen LogP contribution is -2.50. The summed E-state index contributed by atoms with van der Waals surface area (Å²) in [4.78, 5) is 28.4. The second-order valence-corrected chi connectivity index (χ2v) is 10.3. The summed E-state index contributed by atoms with van der Waals surface area (Å²) in [5.74, 6) is 0.315. The Morgan fingerprint density at radius 1 is 0.946 bits per heavy atom. The maximum Gasteiger partial charge on any atom is 0.271 e. The number of nitrogens with zero attached hydrogens (tertiary/aromatic N) is 2. The molecular weight excluding hydrogens is 462 g/mol. The number of fused-ring (bicyclic) bond motifs is 3. The van der Waals surface area contributed by atoms with E-state index in [1.807, 2.05) is 49.4 Å². The van der Waals surface area contributed by atoms with E-state index in [2.05, 4.69) is 41.7 Å². The topological polar surface area (TPSA) is 63.6 Å². The number of ether oxygens (including phenoxy) is 1. The van der Waals surface area contributed by atoms with Crippen LogP contribution in [0.25, 0.3) is 10.9 Å². The molecule has 2 aliphatic rings. The van der Waals surface area contributed by atoms with Crippen LogP contribution in [0.4, 0.5) is 0 Å². The number of rotatable bonds is 8. The fraction of sp³-hybridized carbons (Fsp3) is 0.290. The van der Waals surface area contributed by atoms with Crippen LogP contribution in [0.5, 0.6) is 0 Å². The zero-order chi connectivity index (χ0) is 25.4. The Morgan fingerprint density at radius 2 is 1.76 bits per heavy atom. The van der Waals surface area contributed by atoms with Gasteiger partial charge in [-0.2, -0.15) is 0 Å². The normalized spacial score (nSPS) is 16.6. The van der Waals surface area contributed by atoms with Gasteiger partial charge in [0.05, 0.1) is 18.7 Å². The minimum absolute atomic E-state index is 0.00647. The predicted molar refractivity (Wildman–Crippen MR) is 144 cm³/mol. The van der Waals surface area contributed by atoms with E-state index < -0.39 is 0 Å². The first kappa shape index (κ1) is 23.6. The number of nitrogens with one attached hydrogen (secondary N) is 1. The van der Waals surface area contributed by atoms with Crippen LogP contribution < -0.4 is 5.32 Å². The summed E-state index contributed by atoms with van der Waals surface area (Å²) in [7, 11) is 0. The van der Waals surface area contributed by atoms with Crippen LogP contribution in [0.15, 0.2) is 78.9 Å². The van der Waals surface area contributed by atoms with Gasteiger partial charge >= 0.3 is 0 Å². The second-order valence-electron chi connectivity index (χ2n) is 10.3. The summed E-state index contributed by atoms with van der Waals surface area (Å²) in [6.07, 6.45) is 0.761. The van der Waals surface area contributed by atoms with E-state index >= 15 is 0 Å². The Hall–Kier alpha value is -3.74. The average molecular weight is 494 g/mol. The highest BCUT2D eigenvalue weighted by atomic mass is 16.5. The van der Waals surface area contributed by atoms with Crippen molar-refractivity contribution in [3.05, 3.63) is 107 Å². The molecule has 4 aromatic rings. The molecule has 1 atom stereocenters. The maximum absolute atomic E-state index is 13.6. The van der Waals surface area contributed by atoms with E-state index in [-0.39, 0.29) is 24.4 Å². The number of carbonyl (C=O) groups excluding carboxylic acids is 2. The van der Waals surface area contributed by atoms with Crippen molar-refractivity contribution in [3.8, 4) is 0 Å². The first-order chi connectivity index (χ1) is 18.0. The Balaban J connectivity index is 1.22. The molecule has 0 saturated carbocycles. The van der Waals surface area contributed by atoms with Gasteiger partial charge in [-0.05, 0) is 48.2 Å². The number of carbonyl (C=O) groups is 2. The lowest BCUT2D eigenvalue weighted by Gasteiger charge is -2.31. The third-order valence-electron chi connectivity index (χ3n) is 7.46. The molecule has 0 aliphatic carbocycles. The molecule has 2 aliphatic heterocycles. The van der Waals surface area contributed by atoms with E-state index in [4.69, 9.17) is 4.74 Å². The number of hydrogen-bond acceptors (Lipinski definition) is 4. The Bertz CT molecular complexity index is 1460. The van der Waals surface area contributed by atoms with E-state index in [9.17, 15) is 9.59 Å². The molecule has 1 fully saturated rings. The van der Waals surface area contributed by atoms with E-state index in [1.165, 1.54) is 16.7 Å². The largest absolute Gasteiger partial charge is 0.380 e. The van der Waals surface area contributed by atoms with Crippen LogP contribution in [0, 0.1) is 6.92 Å². The van der Waals surface area contributed by atoms with Crippen LogP contribution in [0.2, 0.25) is 0 Å². The first-order valence-electron chi connectivity index (χ1n) is 12.9. The van der Waals surface area contributed by atoms with Crippen molar-refractivity contribution in [2.75, 3.05) is 26.3 Å². The minimum Gasteiger partial charge on any atom is -0.380 e. The molecule has 3 heterocycles. The highest BCUT2D eigenvalue weighted by Gasteiger charge is 2.33. The number of hydrogen-bond donors (Lipinski definition) is 1. The van der Waals surface area contributed by atoms with Crippen LogP contribution in [-0.2, 0) is 17.7 Å². The maximum atomic E-state index is 13.6. The van der Waals surface area contributed by atoms with Gasteiger partial charge in [0.15, 0.2) is 0 Å². The molecule has 0 unspecified atom stereocenters. The van der Waals surface area contributed by atoms with Crippen LogP contribution in [-0.4, -0.2) is 53.6 Å². The van der Waals surface area contributed by atoms with Gasteiger partial charge in [0.25, 0.3) is 11.8 Å². The quantitative estimate of drug-likeness (QED) is 0.391. The third-order valence-corrected chi connectivity index (χ3v) is 7.46. The average Bonchev–Trinajstić information content (AvgIpc) is 3.25. The van der Waals surface area contributed by atoms with Crippen LogP contribution >= 0.6 is 0 Å². The summed E-state index contributed by atoms with van der Waals surface area (Å²) in [5.41, 5.74) is 6.07. The number of aromatic nitrogens is 1. The van der Waals surface area contributed by atoms with Crippen molar-refractivity contribution in [1.82, 2.24) is 14.8 Å². The SMILES string of the molecule is Cc1ccc2c(c1)cc1n2C(=O)CN(C[C@H](Cc2ccccc2)NCc2cccc(C3COC3)c2)C1=O. The molecule has 0 bridgehead atoms. The van der Waals surface area contributed by atoms with Crippen molar-refractivity contribution in [3.63, 3.8) is 0 Å². The summed E-state index contributed by atoms with van der Waals surface area (Å²) >= 11 is 0. The lowest BCUT2D eigenvalue weighted by atomic mass is 9.96. The van der Waals surface area contributed by atoms with Crippen LogP contribution in [0.3, 0.4) is 0 Å². The Kier molecular flexibility index (Phi) is 6.37. The van der Waals surface area contributed by atoms with Gasteiger partial charge in [-0.3, -0.25) is 14.2 Å². The van der Waals surface area contributed by atoms with Gasteiger partial charge in [-0.15, -0.1) is 0 Å². The molecule has 6 rings (SSSR count). The molecule has 0 radical (unpaired) electrons. The summed E-state index contributed by atoms with van der Waals surface area (Å²) in [6, 6.07) is 26.7. The van der Waals surface area contributed by atoms with E-state index in [0.717, 1.165) is 36.1 Å². The van der Waals surface area contributed by atoms with Crippen molar-refractivity contribution < 1.29 is 14.3 Å². The summed E-state index contributed by atoms with van der Waals surface area (Å²) in [5, 5.41) is 4.61. The zero-order valence-electron chi connectivity index (χ0n) is 21.0. The van der Waals surface area contributed by atoms with Gasteiger partial charge in [0, 0.05) is 30.4 Å². The molecule has 1 aromatic heterocycles. The molecule has 1 N–H and O–H groups in total. The minimum atomic E-state index is -0.0969. The number of benzene rings is 3. The molecule has 6 heteroatoms. The molecular formula is C31H31N3O3. The van der Waals surface area contributed by atoms with Crippen LogP contribution in [0.1, 0.15) is 43.5 Å². The Morgan fingerprint density at radius 3 is 2.54 bits per heavy atom. The first-order valence-corrected chi connectivity index (χ1v) is 12.9. The monoisotopic (exact) mass is 493 g/mol. The molecule has 1 amide bonds. The summed E-state index contributed by atoms with van der Waals surface area (Å²) in [6.45, 7) is 4.81. The molecule has 1 saturated heterocycles. The fourth-order valence-electron chi connectivity index (χ4n) is 5.39. The van der Waals surface area contributed by atoms with E-state index in [0.29, 0.717) is 24.7 Å². The highest BCUT2D eigenvalue weighted by molar-refractivity contribution is 6.09. The van der Waals surface area contributed by atoms with Crippen molar-refractivity contribution in [1.29, 1.82) is 0 Å². The lowest BCUT2D eigenvalue weighted by molar-refractivity contribution is 0.00839. The van der Waals surface area contributed by atoms with Crippen molar-refractivity contribution >= 4 is 22.7 Å². The molecule has 188 valence electrons. The van der Waals surface area contributed by atoms with Gasteiger partial charge < -0.3 is 15.0 Å². The van der Waals surface area contributed by atoms with Gasteiger partial charge in [-0.1, -0.05) is 66.2 Å². The van der Waals surface area contributed by atoms with E-state index in [1.54, 1.807) is 9.47 Å². The number of amides is 1. The van der Waals surface area contributed by atoms with Gasteiger partial charge in [0.2, 0.25) is 0 Å². The van der Waals surface area contributed by atoms with Crippen molar-refractivity contribution in [2.45, 2.75) is 31.8 Å². The zero-order valence-corrected chi connectivity index (χ0v) is 21.0. The van der Waals surface area contributed by atoms with Gasteiger partial charge in [-0.25, -0.2) is 0 Å². The Labute approximate surface area is 216 Å². The predicted octanol–water partition coefficient (Wildman–Crippen LogP) is 4.56. The molecule has 3 aromatic carbocycles. The fourth-order valence-corrected chi connectivity index (χ4v) is 5.39. The second kappa shape index (κ2) is 9.96.